The van der Waals surface area contributed by atoms with Crippen molar-refractivity contribution >= 4 is 26.7 Å². The van der Waals surface area contributed by atoms with Gasteiger partial charge in [0.2, 0.25) is 0 Å². The van der Waals surface area contributed by atoms with E-state index in [4.69, 9.17) is 5.73 Å². The van der Waals surface area contributed by atoms with Gasteiger partial charge in [0, 0.05) is 19.1 Å². The van der Waals surface area contributed by atoms with Crippen molar-refractivity contribution in [1.29, 1.82) is 0 Å². The van der Waals surface area contributed by atoms with Crippen molar-refractivity contribution in [2.24, 2.45) is 5.73 Å². The van der Waals surface area contributed by atoms with Gasteiger partial charge >= 0.3 is 0 Å². The number of nitrogens with two attached hydrogens (primary N) is 1. The Morgan fingerprint density at radius 3 is 3.00 bits per heavy atom. The monoisotopic (exact) mass is 219 g/mol. The molecule has 0 saturated carbocycles. The maximum Gasteiger partial charge on any atom is 0.186 e. The lowest BCUT2D eigenvalue weighted by atomic mass is 10.3. The van der Waals surface area contributed by atoms with Gasteiger partial charge in [0.25, 0.3) is 0 Å². The standard InChI is InChI=1S/C11H13N3S/c12-8-5-6-14(7-8)11-13-9-3-1-2-4-10(9)15-11/h1-4,8H,5-7,12H2/t8-/m0/s1. The number of thiazole rings is 1. The predicted octanol–water partition coefficient (Wildman–Crippen LogP) is 1.83. The molecule has 1 saturated heterocycles. The van der Waals surface area contributed by atoms with Crippen LogP contribution in [-0.4, -0.2) is 24.1 Å². The molecule has 2 heterocycles. The van der Waals surface area contributed by atoms with Gasteiger partial charge < -0.3 is 10.6 Å². The second-order valence-corrected chi connectivity index (χ2v) is 4.97. The maximum absolute atomic E-state index is 5.89. The van der Waals surface area contributed by atoms with E-state index in [1.165, 1.54) is 4.70 Å². The molecule has 1 fully saturated rings. The zero-order chi connectivity index (χ0) is 10.3. The van der Waals surface area contributed by atoms with Crippen molar-refractivity contribution in [2.75, 3.05) is 18.0 Å². The number of rotatable bonds is 1. The van der Waals surface area contributed by atoms with E-state index in [-0.39, 0.29) is 0 Å². The molecule has 0 bridgehead atoms. The van der Waals surface area contributed by atoms with Gasteiger partial charge in [-0.25, -0.2) is 4.98 Å². The number of hydrogen-bond donors (Lipinski definition) is 1. The maximum atomic E-state index is 5.89. The second kappa shape index (κ2) is 3.47. The minimum absolute atomic E-state index is 0.317. The fraction of sp³-hybridized carbons (Fsp3) is 0.364. The molecule has 1 aliphatic heterocycles. The third kappa shape index (κ3) is 1.60. The number of hydrogen-bond acceptors (Lipinski definition) is 4. The highest BCUT2D eigenvalue weighted by Crippen LogP contribution is 2.30. The molecular formula is C11H13N3S. The summed E-state index contributed by atoms with van der Waals surface area (Å²) in [4.78, 5) is 6.91. The molecule has 0 unspecified atom stereocenters. The van der Waals surface area contributed by atoms with Gasteiger partial charge in [0.15, 0.2) is 5.13 Å². The fourth-order valence-corrected chi connectivity index (χ4v) is 2.96. The van der Waals surface area contributed by atoms with Crippen LogP contribution in [0.4, 0.5) is 5.13 Å². The minimum Gasteiger partial charge on any atom is -0.346 e. The smallest absolute Gasteiger partial charge is 0.186 e. The van der Waals surface area contributed by atoms with Gasteiger partial charge in [-0.15, -0.1) is 0 Å². The minimum atomic E-state index is 0.317. The number of para-hydroxylation sites is 1. The lowest BCUT2D eigenvalue weighted by Gasteiger charge is -2.12. The summed E-state index contributed by atoms with van der Waals surface area (Å²) in [6.45, 7) is 1.99. The number of fused-ring (bicyclic) bond motifs is 1. The molecule has 2 aromatic rings. The lowest BCUT2D eigenvalue weighted by Crippen LogP contribution is -2.26. The molecule has 1 aromatic heterocycles. The first-order chi connectivity index (χ1) is 7.33. The zero-order valence-electron chi connectivity index (χ0n) is 8.39. The van der Waals surface area contributed by atoms with Crippen LogP contribution in [0.3, 0.4) is 0 Å². The van der Waals surface area contributed by atoms with Gasteiger partial charge in [0.05, 0.1) is 10.2 Å². The molecule has 3 rings (SSSR count). The molecule has 1 aliphatic rings. The summed E-state index contributed by atoms with van der Waals surface area (Å²) in [6, 6.07) is 8.58. The number of benzene rings is 1. The van der Waals surface area contributed by atoms with Crippen LogP contribution < -0.4 is 10.6 Å². The van der Waals surface area contributed by atoms with Crippen molar-refractivity contribution in [2.45, 2.75) is 12.5 Å². The van der Waals surface area contributed by atoms with Gasteiger partial charge in [-0.2, -0.15) is 0 Å². The fourth-order valence-electron chi connectivity index (χ4n) is 1.96. The van der Waals surface area contributed by atoms with Crippen molar-refractivity contribution in [1.82, 2.24) is 4.98 Å². The van der Waals surface area contributed by atoms with Gasteiger partial charge in [0.1, 0.15) is 0 Å². The Hall–Kier alpha value is -1.13. The largest absolute Gasteiger partial charge is 0.346 e. The first kappa shape index (κ1) is 9.12. The van der Waals surface area contributed by atoms with E-state index < -0.39 is 0 Å². The van der Waals surface area contributed by atoms with E-state index in [2.05, 4.69) is 28.1 Å². The van der Waals surface area contributed by atoms with Crippen LogP contribution in [0.25, 0.3) is 10.2 Å². The van der Waals surface area contributed by atoms with Crippen LogP contribution in [0.5, 0.6) is 0 Å². The molecule has 1 aromatic carbocycles. The van der Waals surface area contributed by atoms with Gasteiger partial charge in [-0.05, 0) is 18.6 Å². The van der Waals surface area contributed by atoms with Crippen molar-refractivity contribution in [3.8, 4) is 0 Å². The Balaban J connectivity index is 1.98. The molecular weight excluding hydrogens is 206 g/mol. The second-order valence-electron chi connectivity index (χ2n) is 3.96. The van der Waals surface area contributed by atoms with Crippen LogP contribution in [0, 0.1) is 0 Å². The highest BCUT2D eigenvalue weighted by molar-refractivity contribution is 7.22. The Morgan fingerprint density at radius 2 is 2.27 bits per heavy atom. The summed E-state index contributed by atoms with van der Waals surface area (Å²) in [5.74, 6) is 0. The van der Waals surface area contributed by atoms with Crippen LogP contribution in [0.2, 0.25) is 0 Å². The Labute approximate surface area is 92.5 Å². The first-order valence-corrected chi connectivity index (χ1v) is 6.01. The van der Waals surface area contributed by atoms with E-state index >= 15 is 0 Å². The van der Waals surface area contributed by atoms with E-state index in [9.17, 15) is 0 Å². The summed E-state index contributed by atoms with van der Waals surface area (Å²) < 4.78 is 1.26. The highest BCUT2D eigenvalue weighted by Gasteiger charge is 2.21. The first-order valence-electron chi connectivity index (χ1n) is 5.19. The van der Waals surface area contributed by atoms with Crippen LogP contribution in [0.15, 0.2) is 24.3 Å². The van der Waals surface area contributed by atoms with Gasteiger partial charge in [-0.3, -0.25) is 0 Å². The molecule has 2 N–H and O–H groups in total. The van der Waals surface area contributed by atoms with Crippen molar-refractivity contribution in [3.63, 3.8) is 0 Å². The summed E-state index contributed by atoms with van der Waals surface area (Å²) >= 11 is 1.76. The van der Waals surface area contributed by atoms with Gasteiger partial charge in [-0.1, -0.05) is 23.5 Å². The highest BCUT2D eigenvalue weighted by atomic mass is 32.1. The quantitative estimate of drug-likeness (QED) is 0.795. The topological polar surface area (TPSA) is 42.1 Å². The third-order valence-electron chi connectivity index (χ3n) is 2.78. The molecule has 0 radical (unpaired) electrons. The van der Waals surface area contributed by atoms with Crippen molar-refractivity contribution in [3.05, 3.63) is 24.3 Å². The normalized spacial score (nSPS) is 21.4. The average Bonchev–Trinajstić information content (AvgIpc) is 2.82. The summed E-state index contributed by atoms with van der Waals surface area (Å²) in [5, 5.41) is 1.11. The SMILES string of the molecule is N[C@H]1CCN(c2nc3ccccc3s2)C1. The molecule has 78 valence electrons. The summed E-state index contributed by atoms with van der Waals surface area (Å²) in [7, 11) is 0. The Kier molecular flexibility index (Phi) is 2.11. The number of anilines is 1. The summed E-state index contributed by atoms with van der Waals surface area (Å²) in [6.07, 6.45) is 1.08. The average molecular weight is 219 g/mol. The van der Waals surface area contributed by atoms with Crippen molar-refractivity contribution < 1.29 is 0 Å². The molecule has 0 spiro atoms. The van der Waals surface area contributed by atoms with Crippen LogP contribution in [0.1, 0.15) is 6.42 Å². The molecule has 4 heteroatoms. The van der Waals surface area contributed by atoms with E-state index in [0.29, 0.717) is 6.04 Å². The molecule has 0 amide bonds. The van der Waals surface area contributed by atoms with E-state index in [1.807, 2.05) is 6.07 Å². The number of nitrogens with zero attached hydrogens (tertiary/aromatic N) is 2. The third-order valence-corrected chi connectivity index (χ3v) is 3.88. The molecule has 1 atom stereocenters. The Morgan fingerprint density at radius 1 is 1.40 bits per heavy atom. The Bertz CT molecular complexity index is 446. The number of aromatic nitrogens is 1. The molecule has 15 heavy (non-hydrogen) atoms. The lowest BCUT2D eigenvalue weighted by molar-refractivity contribution is 0.752. The van der Waals surface area contributed by atoms with Crippen LogP contribution in [-0.2, 0) is 0 Å². The van der Waals surface area contributed by atoms with Crippen LogP contribution >= 0.6 is 11.3 Å². The molecule has 0 aliphatic carbocycles. The van der Waals surface area contributed by atoms with E-state index in [1.54, 1.807) is 11.3 Å². The van der Waals surface area contributed by atoms with E-state index in [0.717, 1.165) is 30.2 Å². The molecule has 3 nitrogen and oxygen atoms in total. The zero-order valence-corrected chi connectivity index (χ0v) is 9.20. The predicted molar refractivity (Wildman–Crippen MR) is 64.4 cm³/mol. The summed E-state index contributed by atoms with van der Waals surface area (Å²) in [5.41, 5.74) is 6.99.